The van der Waals surface area contributed by atoms with E-state index in [-0.39, 0.29) is 0 Å². The number of rotatable bonds is 5. The van der Waals surface area contributed by atoms with E-state index in [2.05, 4.69) is 44.6 Å². The highest BCUT2D eigenvalue weighted by atomic mass is 15.2. The van der Waals surface area contributed by atoms with Gasteiger partial charge in [0, 0.05) is 32.4 Å². The van der Waals surface area contributed by atoms with Gasteiger partial charge in [-0.25, -0.2) is 9.97 Å². The summed E-state index contributed by atoms with van der Waals surface area (Å²) in [5, 5.41) is 6.81. The van der Waals surface area contributed by atoms with Crippen molar-refractivity contribution in [2.45, 2.75) is 19.9 Å². The molecule has 1 aliphatic heterocycles. The van der Waals surface area contributed by atoms with E-state index in [0.717, 1.165) is 55.4 Å². The van der Waals surface area contributed by atoms with Crippen LogP contribution in [0.25, 0.3) is 0 Å². The molecular formula is C17H24N6. The third-order valence-corrected chi connectivity index (χ3v) is 4.11. The molecule has 1 saturated heterocycles. The number of piperazine rings is 1. The normalized spacial score (nSPS) is 14.7. The van der Waals surface area contributed by atoms with Crippen molar-refractivity contribution in [2.75, 3.05) is 42.1 Å². The summed E-state index contributed by atoms with van der Waals surface area (Å²) >= 11 is 0. The molecule has 1 fully saturated rings. The molecule has 0 unspecified atom stereocenters. The number of anilines is 3. The van der Waals surface area contributed by atoms with Crippen LogP contribution in [0.2, 0.25) is 0 Å². The Labute approximate surface area is 137 Å². The minimum atomic E-state index is 0.625. The number of nitrogens with zero attached hydrogens (tertiary/aromatic N) is 3. The summed E-state index contributed by atoms with van der Waals surface area (Å²) in [6, 6.07) is 8.10. The van der Waals surface area contributed by atoms with E-state index in [1.165, 1.54) is 0 Å². The van der Waals surface area contributed by atoms with Crippen molar-refractivity contribution in [3.8, 4) is 0 Å². The van der Waals surface area contributed by atoms with Crippen LogP contribution in [0.3, 0.4) is 0 Å². The number of pyridine rings is 2. The van der Waals surface area contributed by atoms with E-state index in [1.807, 2.05) is 18.3 Å². The fraction of sp³-hybridized carbons (Fsp3) is 0.412. The highest BCUT2D eigenvalue weighted by Crippen LogP contribution is 2.23. The van der Waals surface area contributed by atoms with Gasteiger partial charge in [0.2, 0.25) is 0 Å². The van der Waals surface area contributed by atoms with E-state index in [4.69, 9.17) is 5.73 Å². The highest BCUT2D eigenvalue weighted by Gasteiger charge is 2.15. The Hall–Kier alpha value is -2.34. The van der Waals surface area contributed by atoms with Gasteiger partial charge in [0.15, 0.2) is 5.82 Å². The summed E-state index contributed by atoms with van der Waals surface area (Å²) in [5.41, 5.74) is 9.05. The molecule has 3 heterocycles. The van der Waals surface area contributed by atoms with Crippen LogP contribution in [0.4, 0.5) is 17.3 Å². The van der Waals surface area contributed by atoms with Crippen molar-refractivity contribution in [3.05, 3.63) is 41.7 Å². The maximum atomic E-state index is 5.98. The molecule has 1 aliphatic rings. The number of hydrogen-bond donors (Lipinski definition) is 3. The molecule has 6 heteroatoms. The summed E-state index contributed by atoms with van der Waals surface area (Å²) in [6.07, 6.45) is 2.75. The molecule has 0 amide bonds. The fourth-order valence-electron chi connectivity index (χ4n) is 2.79. The third-order valence-electron chi connectivity index (χ3n) is 4.11. The molecule has 4 N–H and O–H groups in total. The second-order valence-corrected chi connectivity index (χ2v) is 5.67. The molecule has 122 valence electrons. The van der Waals surface area contributed by atoms with Crippen molar-refractivity contribution < 1.29 is 0 Å². The number of aromatic nitrogens is 2. The zero-order chi connectivity index (χ0) is 16.1. The standard InChI is InChI=1S/C17H24N6/c1-2-13-5-6-14(22-16(13)18)12-21-15-4-3-7-20-17(15)23-10-8-19-9-11-23/h3-7,19,21H,2,8-12H2,1H3,(H2,18,22). The van der Waals surface area contributed by atoms with Crippen LogP contribution in [-0.4, -0.2) is 36.1 Å². The zero-order valence-corrected chi connectivity index (χ0v) is 13.5. The van der Waals surface area contributed by atoms with Crippen LogP contribution in [-0.2, 0) is 13.0 Å². The quantitative estimate of drug-likeness (QED) is 0.779. The number of nitrogens with two attached hydrogens (primary N) is 1. The van der Waals surface area contributed by atoms with Crippen LogP contribution in [0.15, 0.2) is 30.5 Å². The first kappa shape index (κ1) is 15.6. The molecule has 0 spiro atoms. The van der Waals surface area contributed by atoms with Crippen LogP contribution in [0, 0.1) is 0 Å². The first-order valence-corrected chi connectivity index (χ1v) is 8.16. The van der Waals surface area contributed by atoms with Crippen molar-refractivity contribution in [1.29, 1.82) is 0 Å². The monoisotopic (exact) mass is 312 g/mol. The Morgan fingerprint density at radius 3 is 2.83 bits per heavy atom. The Balaban J connectivity index is 1.71. The molecule has 0 aromatic carbocycles. The summed E-state index contributed by atoms with van der Waals surface area (Å²) in [4.78, 5) is 11.3. The Morgan fingerprint density at radius 1 is 1.26 bits per heavy atom. The number of hydrogen-bond acceptors (Lipinski definition) is 6. The molecular weight excluding hydrogens is 288 g/mol. The molecule has 2 aromatic heterocycles. The Morgan fingerprint density at radius 2 is 2.09 bits per heavy atom. The molecule has 3 rings (SSSR count). The van der Waals surface area contributed by atoms with Gasteiger partial charge < -0.3 is 21.3 Å². The lowest BCUT2D eigenvalue weighted by Gasteiger charge is -2.30. The third kappa shape index (κ3) is 3.71. The summed E-state index contributed by atoms with van der Waals surface area (Å²) < 4.78 is 0. The van der Waals surface area contributed by atoms with E-state index < -0.39 is 0 Å². The largest absolute Gasteiger partial charge is 0.383 e. The van der Waals surface area contributed by atoms with Crippen molar-refractivity contribution in [1.82, 2.24) is 15.3 Å². The van der Waals surface area contributed by atoms with Crippen LogP contribution in [0.5, 0.6) is 0 Å². The maximum Gasteiger partial charge on any atom is 0.152 e. The van der Waals surface area contributed by atoms with Gasteiger partial charge in [0.25, 0.3) is 0 Å². The van der Waals surface area contributed by atoms with Crippen LogP contribution >= 0.6 is 0 Å². The van der Waals surface area contributed by atoms with E-state index >= 15 is 0 Å². The molecule has 23 heavy (non-hydrogen) atoms. The average Bonchev–Trinajstić information content (AvgIpc) is 2.61. The second kappa shape index (κ2) is 7.28. The molecule has 0 atom stereocenters. The van der Waals surface area contributed by atoms with Crippen LogP contribution in [0.1, 0.15) is 18.2 Å². The van der Waals surface area contributed by atoms with E-state index in [0.29, 0.717) is 12.4 Å². The predicted octanol–water partition coefficient (Wildman–Crippen LogP) is 1.64. The van der Waals surface area contributed by atoms with Gasteiger partial charge in [0.1, 0.15) is 5.82 Å². The average molecular weight is 312 g/mol. The minimum absolute atomic E-state index is 0.625. The van der Waals surface area contributed by atoms with Gasteiger partial charge >= 0.3 is 0 Å². The predicted molar refractivity (Wildman–Crippen MR) is 94.7 cm³/mol. The Kier molecular flexibility index (Phi) is 4.92. The lowest BCUT2D eigenvalue weighted by molar-refractivity contribution is 0.585. The number of aryl methyl sites for hydroxylation is 1. The van der Waals surface area contributed by atoms with Gasteiger partial charge in [-0.2, -0.15) is 0 Å². The van der Waals surface area contributed by atoms with Crippen LogP contribution < -0.4 is 21.3 Å². The fourth-order valence-corrected chi connectivity index (χ4v) is 2.79. The summed E-state index contributed by atoms with van der Waals surface area (Å²) in [6.45, 7) is 6.66. The Bertz CT molecular complexity index is 651. The minimum Gasteiger partial charge on any atom is -0.383 e. The van der Waals surface area contributed by atoms with Gasteiger partial charge in [-0.1, -0.05) is 13.0 Å². The van der Waals surface area contributed by atoms with Gasteiger partial charge in [0.05, 0.1) is 17.9 Å². The SMILES string of the molecule is CCc1ccc(CNc2cccnc2N2CCNCC2)nc1N. The first-order chi connectivity index (χ1) is 11.3. The molecule has 0 saturated carbocycles. The van der Waals surface area contributed by atoms with Gasteiger partial charge in [-0.15, -0.1) is 0 Å². The van der Waals surface area contributed by atoms with Crippen molar-refractivity contribution >= 4 is 17.3 Å². The molecule has 6 nitrogen and oxygen atoms in total. The summed E-state index contributed by atoms with van der Waals surface area (Å²) in [5.74, 6) is 1.63. The maximum absolute atomic E-state index is 5.98. The number of nitrogen functional groups attached to an aromatic ring is 1. The highest BCUT2D eigenvalue weighted by molar-refractivity contribution is 5.65. The second-order valence-electron chi connectivity index (χ2n) is 5.67. The first-order valence-electron chi connectivity index (χ1n) is 8.16. The lowest BCUT2D eigenvalue weighted by atomic mass is 10.2. The lowest BCUT2D eigenvalue weighted by Crippen LogP contribution is -2.44. The molecule has 0 radical (unpaired) electrons. The number of nitrogens with one attached hydrogen (secondary N) is 2. The topological polar surface area (TPSA) is 79.1 Å². The van der Waals surface area contributed by atoms with Crippen molar-refractivity contribution in [2.24, 2.45) is 0 Å². The van der Waals surface area contributed by atoms with E-state index in [1.54, 1.807) is 0 Å². The molecule has 0 bridgehead atoms. The molecule has 0 aliphatic carbocycles. The van der Waals surface area contributed by atoms with Crippen molar-refractivity contribution in [3.63, 3.8) is 0 Å². The summed E-state index contributed by atoms with van der Waals surface area (Å²) in [7, 11) is 0. The van der Waals surface area contributed by atoms with Gasteiger partial charge in [-0.3, -0.25) is 0 Å². The van der Waals surface area contributed by atoms with E-state index in [9.17, 15) is 0 Å². The molecule has 2 aromatic rings. The zero-order valence-electron chi connectivity index (χ0n) is 13.5. The van der Waals surface area contributed by atoms with Gasteiger partial charge in [-0.05, 0) is 30.2 Å². The smallest absolute Gasteiger partial charge is 0.152 e.